The average molecular weight is 317 g/mol. The molecule has 6 nitrogen and oxygen atoms in total. The van der Waals surface area contributed by atoms with Crippen LogP contribution in [0.3, 0.4) is 0 Å². The topological polar surface area (TPSA) is 71.0 Å². The lowest BCUT2D eigenvalue weighted by atomic mass is 10.2. The molecule has 0 spiro atoms. The van der Waals surface area contributed by atoms with Crippen molar-refractivity contribution >= 4 is 22.4 Å². The summed E-state index contributed by atoms with van der Waals surface area (Å²) in [5.74, 6) is 0.379. The van der Waals surface area contributed by atoms with Gasteiger partial charge in [0.15, 0.2) is 0 Å². The van der Waals surface area contributed by atoms with Crippen LogP contribution in [0.4, 0.5) is 5.13 Å². The lowest BCUT2D eigenvalue weighted by Gasteiger charge is -2.16. The van der Waals surface area contributed by atoms with Crippen molar-refractivity contribution < 1.29 is 4.79 Å². The zero-order valence-corrected chi connectivity index (χ0v) is 13.5. The van der Waals surface area contributed by atoms with Gasteiger partial charge in [0.1, 0.15) is 10.7 Å². The zero-order chi connectivity index (χ0) is 15.5. The highest BCUT2D eigenvalue weighted by atomic mass is 32.1. The van der Waals surface area contributed by atoms with Crippen molar-refractivity contribution in [1.29, 1.82) is 0 Å². The summed E-state index contributed by atoms with van der Waals surface area (Å²) in [6.45, 7) is 5.62. The number of hydrogen-bond donors (Lipinski definition) is 1. The lowest BCUT2D eigenvalue weighted by molar-refractivity contribution is 0.0786. The molecule has 0 aliphatic carbocycles. The molecule has 1 aliphatic rings. The van der Waals surface area contributed by atoms with Crippen molar-refractivity contribution in [2.75, 3.05) is 18.4 Å². The molecule has 0 aromatic carbocycles. The van der Waals surface area contributed by atoms with Gasteiger partial charge in [-0.3, -0.25) is 9.78 Å². The maximum absolute atomic E-state index is 12.3. The molecule has 22 heavy (non-hydrogen) atoms. The standard InChI is InChI=1S/C15H19N5OS/c1-10(2)13-18-19-15(22-13)17-11-6-8-20(9-11)14(21)12-5-3-4-7-16-12/h3-5,7,10-11H,6,8-9H2,1-2H3,(H,17,19). The Bertz CT molecular complexity index is 642. The molecule has 2 aromatic heterocycles. The van der Waals surface area contributed by atoms with E-state index in [2.05, 4.69) is 34.3 Å². The lowest BCUT2D eigenvalue weighted by Crippen LogP contribution is -2.32. The van der Waals surface area contributed by atoms with Gasteiger partial charge in [-0.1, -0.05) is 31.3 Å². The minimum Gasteiger partial charge on any atom is -0.355 e. The molecule has 1 unspecified atom stereocenters. The van der Waals surface area contributed by atoms with E-state index in [1.807, 2.05) is 17.0 Å². The van der Waals surface area contributed by atoms with Crippen LogP contribution in [-0.2, 0) is 0 Å². The summed E-state index contributed by atoms with van der Waals surface area (Å²) in [7, 11) is 0. The molecule has 0 radical (unpaired) electrons. The molecule has 1 saturated heterocycles. The van der Waals surface area contributed by atoms with Gasteiger partial charge in [-0.15, -0.1) is 10.2 Å². The summed E-state index contributed by atoms with van der Waals surface area (Å²) in [6.07, 6.45) is 2.56. The Hall–Kier alpha value is -2.02. The number of nitrogens with zero attached hydrogens (tertiary/aromatic N) is 4. The van der Waals surface area contributed by atoms with Crippen molar-refractivity contribution in [3.8, 4) is 0 Å². The van der Waals surface area contributed by atoms with E-state index in [1.165, 1.54) is 0 Å². The molecule has 1 N–H and O–H groups in total. The maximum atomic E-state index is 12.3. The van der Waals surface area contributed by atoms with Gasteiger partial charge in [0.2, 0.25) is 5.13 Å². The fraction of sp³-hybridized carbons (Fsp3) is 0.467. The van der Waals surface area contributed by atoms with Gasteiger partial charge in [-0.2, -0.15) is 0 Å². The third-order valence-corrected chi connectivity index (χ3v) is 4.78. The minimum atomic E-state index is -0.00923. The van der Waals surface area contributed by atoms with Crippen LogP contribution >= 0.6 is 11.3 Å². The zero-order valence-electron chi connectivity index (χ0n) is 12.7. The van der Waals surface area contributed by atoms with Gasteiger partial charge in [0.25, 0.3) is 5.91 Å². The molecular weight excluding hydrogens is 298 g/mol. The molecule has 1 amide bonds. The van der Waals surface area contributed by atoms with Crippen LogP contribution in [0.25, 0.3) is 0 Å². The van der Waals surface area contributed by atoms with Gasteiger partial charge in [0, 0.05) is 31.2 Å². The Morgan fingerprint density at radius 3 is 2.95 bits per heavy atom. The van der Waals surface area contributed by atoms with Crippen LogP contribution in [0.2, 0.25) is 0 Å². The van der Waals surface area contributed by atoms with Crippen molar-refractivity contribution in [3.63, 3.8) is 0 Å². The van der Waals surface area contributed by atoms with E-state index in [1.54, 1.807) is 23.6 Å². The molecule has 3 heterocycles. The third kappa shape index (κ3) is 3.24. The van der Waals surface area contributed by atoms with Crippen LogP contribution in [0.5, 0.6) is 0 Å². The number of carbonyl (C=O) groups excluding carboxylic acids is 1. The summed E-state index contributed by atoms with van der Waals surface area (Å²) in [5, 5.41) is 13.6. The van der Waals surface area contributed by atoms with Crippen molar-refractivity contribution in [2.24, 2.45) is 0 Å². The van der Waals surface area contributed by atoms with Gasteiger partial charge < -0.3 is 10.2 Å². The number of anilines is 1. The number of hydrogen-bond acceptors (Lipinski definition) is 6. The molecule has 1 aliphatic heterocycles. The largest absolute Gasteiger partial charge is 0.355 e. The van der Waals surface area contributed by atoms with Gasteiger partial charge in [-0.25, -0.2) is 0 Å². The number of nitrogens with one attached hydrogen (secondary N) is 1. The Morgan fingerprint density at radius 1 is 1.41 bits per heavy atom. The van der Waals surface area contributed by atoms with Gasteiger partial charge in [0.05, 0.1) is 0 Å². The number of aromatic nitrogens is 3. The summed E-state index contributed by atoms with van der Waals surface area (Å²) < 4.78 is 0. The highest BCUT2D eigenvalue weighted by Gasteiger charge is 2.28. The smallest absolute Gasteiger partial charge is 0.272 e. The van der Waals surface area contributed by atoms with E-state index in [0.29, 0.717) is 18.2 Å². The van der Waals surface area contributed by atoms with Crippen molar-refractivity contribution in [2.45, 2.75) is 32.2 Å². The summed E-state index contributed by atoms with van der Waals surface area (Å²) in [5.41, 5.74) is 0.501. The Morgan fingerprint density at radius 2 is 2.27 bits per heavy atom. The molecule has 116 valence electrons. The number of carbonyl (C=O) groups is 1. The fourth-order valence-electron chi connectivity index (χ4n) is 2.41. The number of amides is 1. The van der Waals surface area contributed by atoms with E-state index in [4.69, 9.17) is 0 Å². The maximum Gasteiger partial charge on any atom is 0.272 e. The van der Waals surface area contributed by atoms with E-state index in [-0.39, 0.29) is 11.9 Å². The molecule has 1 fully saturated rings. The van der Waals surface area contributed by atoms with E-state index < -0.39 is 0 Å². The van der Waals surface area contributed by atoms with Crippen LogP contribution in [-0.4, -0.2) is 45.1 Å². The fourth-order valence-corrected chi connectivity index (χ4v) is 3.24. The van der Waals surface area contributed by atoms with Crippen molar-refractivity contribution in [1.82, 2.24) is 20.1 Å². The van der Waals surface area contributed by atoms with Crippen LogP contribution in [0, 0.1) is 0 Å². The SMILES string of the molecule is CC(C)c1nnc(NC2CCN(C(=O)c3ccccn3)C2)s1. The van der Waals surface area contributed by atoms with Crippen LogP contribution in [0.1, 0.15) is 41.7 Å². The van der Waals surface area contributed by atoms with Gasteiger partial charge in [-0.05, 0) is 18.6 Å². The molecular formula is C15H19N5OS. The number of pyridine rings is 1. The number of rotatable bonds is 4. The first-order valence-electron chi connectivity index (χ1n) is 7.43. The second-order valence-corrected chi connectivity index (χ2v) is 6.71. The first-order chi connectivity index (χ1) is 10.6. The van der Waals surface area contributed by atoms with E-state index in [9.17, 15) is 4.79 Å². The first kappa shape index (κ1) is 14.9. The summed E-state index contributed by atoms with van der Waals surface area (Å²) in [6, 6.07) is 5.62. The summed E-state index contributed by atoms with van der Waals surface area (Å²) >= 11 is 1.58. The van der Waals surface area contributed by atoms with Crippen LogP contribution in [0.15, 0.2) is 24.4 Å². The Kier molecular flexibility index (Phi) is 4.33. The third-order valence-electron chi connectivity index (χ3n) is 3.62. The average Bonchev–Trinajstić information content (AvgIpc) is 3.17. The highest BCUT2D eigenvalue weighted by molar-refractivity contribution is 7.15. The second kappa shape index (κ2) is 6.39. The van der Waals surface area contributed by atoms with Crippen molar-refractivity contribution in [3.05, 3.63) is 35.1 Å². The molecule has 0 bridgehead atoms. The molecule has 2 aromatic rings. The predicted molar refractivity (Wildman–Crippen MR) is 86.2 cm³/mol. The normalized spacial score (nSPS) is 18.0. The second-order valence-electron chi connectivity index (χ2n) is 5.70. The monoisotopic (exact) mass is 317 g/mol. The van der Waals surface area contributed by atoms with Gasteiger partial charge >= 0.3 is 0 Å². The molecule has 0 saturated carbocycles. The Balaban J connectivity index is 1.59. The Labute approximate surface area is 133 Å². The number of likely N-dealkylation sites (tertiary alicyclic amines) is 1. The minimum absolute atomic E-state index is 0.00923. The summed E-state index contributed by atoms with van der Waals surface area (Å²) in [4.78, 5) is 18.3. The molecule has 3 rings (SSSR count). The quantitative estimate of drug-likeness (QED) is 0.937. The molecule has 7 heteroatoms. The highest BCUT2D eigenvalue weighted by Crippen LogP contribution is 2.24. The van der Waals surface area contributed by atoms with E-state index >= 15 is 0 Å². The van der Waals surface area contributed by atoms with Crippen LogP contribution < -0.4 is 5.32 Å². The predicted octanol–water partition coefficient (Wildman–Crippen LogP) is 2.38. The van der Waals surface area contributed by atoms with E-state index in [0.717, 1.165) is 23.1 Å². The molecule has 1 atom stereocenters. The first-order valence-corrected chi connectivity index (χ1v) is 8.25.